The molecule has 9 nitrogen and oxygen atoms in total. The van der Waals surface area contributed by atoms with E-state index >= 15 is 0 Å². The molecule has 10 heteroatoms. The van der Waals surface area contributed by atoms with Gasteiger partial charge in [0.2, 0.25) is 11.8 Å². The van der Waals surface area contributed by atoms with Crippen molar-refractivity contribution in [3.8, 4) is 0 Å². The Bertz CT molecular complexity index is 976. The first-order chi connectivity index (χ1) is 14.9. The molecule has 0 unspecified atom stereocenters. The van der Waals surface area contributed by atoms with Crippen LogP contribution in [0.1, 0.15) is 38.5 Å². The second kappa shape index (κ2) is 12.7. The quantitative estimate of drug-likeness (QED) is 0.206. The summed E-state index contributed by atoms with van der Waals surface area (Å²) in [6.07, 6.45) is 3.18. The Balaban J connectivity index is 2.01. The van der Waals surface area contributed by atoms with E-state index in [1.807, 2.05) is 6.07 Å². The Labute approximate surface area is 184 Å². The number of amides is 2. The number of nitrogens with zero attached hydrogens (tertiary/aromatic N) is 2. The van der Waals surface area contributed by atoms with Crippen LogP contribution in [0.3, 0.4) is 0 Å². The average Bonchev–Trinajstić information content (AvgIpc) is 2.76. The second-order valence-corrected chi connectivity index (χ2v) is 7.91. The van der Waals surface area contributed by atoms with Gasteiger partial charge in [-0.3, -0.25) is 23.7 Å². The zero-order chi connectivity index (χ0) is 22.6. The van der Waals surface area contributed by atoms with Crippen molar-refractivity contribution >= 4 is 40.4 Å². The first kappa shape index (κ1) is 24.4. The van der Waals surface area contributed by atoms with E-state index in [4.69, 9.17) is 5.73 Å². The highest BCUT2D eigenvalue weighted by Gasteiger charge is 2.13. The average molecular weight is 449 g/mol. The number of ether oxygens (including phenoxy) is 1. The molecule has 0 atom stereocenters. The summed E-state index contributed by atoms with van der Waals surface area (Å²) in [5, 5.41) is 3.75. The molecule has 0 aliphatic heterocycles. The molecular weight excluding hydrogens is 420 g/mol. The SMILES string of the molecule is COC(=O)CCCNC(=O)CSc1nc2ccccc2c(=O)n1CCCCCC(N)=O. The van der Waals surface area contributed by atoms with Gasteiger partial charge in [-0.2, -0.15) is 0 Å². The van der Waals surface area contributed by atoms with Crippen molar-refractivity contribution in [3.63, 3.8) is 0 Å². The lowest BCUT2D eigenvalue weighted by molar-refractivity contribution is -0.140. The Morgan fingerprint density at radius 2 is 1.90 bits per heavy atom. The van der Waals surface area contributed by atoms with Crippen molar-refractivity contribution in [2.45, 2.75) is 50.2 Å². The number of esters is 1. The molecular formula is C21H28N4O5S. The fraction of sp³-hybridized carbons (Fsp3) is 0.476. The maximum Gasteiger partial charge on any atom is 0.305 e. The van der Waals surface area contributed by atoms with Crippen LogP contribution in [-0.2, 0) is 25.7 Å². The van der Waals surface area contributed by atoms with Gasteiger partial charge in [0.05, 0.1) is 23.8 Å². The van der Waals surface area contributed by atoms with Gasteiger partial charge in [0.1, 0.15) is 0 Å². The summed E-state index contributed by atoms with van der Waals surface area (Å²) in [6, 6.07) is 7.10. The molecule has 1 aromatic carbocycles. The predicted octanol–water partition coefficient (Wildman–Crippen LogP) is 1.60. The van der Waals surface area contributed by atoms with E-state index in [9.17, 15) is 19.2 Å². The predicted molar refractivity (Wildman–Crippen MR) is 119 cm³/mol. The van der Waals surface area contributed by atoms with Gasteiger partial charge in [-0.05, 0) is 31.4 Å². The van der Waals surface area contributed by atoms with Gasteiger partial charge in [0.25, 0.3) is 5.56 Å². The van der Waals surface area contributed by atoms with Crippen LogP contribution in [0, 0.1) is 0 Å². The molecule has 0 aliphatic rings. The van der Waals surface area contributed by atoms with E-state index in [1.165, 1.54) is 18.9 Å². The van der Waals surface area contributed by atoms with Crippen molar-refractivity contribution in [2.24, 2.45) is 5.73 Å². The first-order valence-electron chi connectivity index (χ1n) is 10.2. The fourth-order valence-corrected chi connectivity index (χ4v) is 3.80. The van der Waals surface area contributed by atoms with Gasteiger partial charge in [-0.1, -0.05) is 30.3 Å². The number of carbonyl (C=O) groups excluding carboxylic acids is 3. The summed E-state index contributed by atoms with van der Waals surface area (Å²) < 4.78 is 6.15. The highest BCUT2D eigenvalue weighted by atomic mass is 32.2. The van der Waals surface area contributed by atoms with Crippen molar-refractivity contribution in [2.75, 3.05) is 19.4 Å². The number of methoxy groups -OCH3 is 1. The number of aromatic nitrogens is 2. The molecule has 0 saturated heterocycles. The van der Waals surface area contributed by atoms with E-state index in [2.05, 4.69) is 15.0 Å². The number of thioether (sulfide) groups is 1. The lowest BCUT2D eigenvalue weighted by atomic mass is 10.2. The summed E-state index contributed by atoms with van der Waals surface area (Å²) in [5.41, 5.74) is 5.59. The lowest BCUT2D eigenvalue weighted by Crippen LogP contribution is -2.28. The van der Waals surface area contributed by atoms with Crippen LogP contribution in [0.25, 0.3) is 10.9 Å². The Morgan fingerprint density at radius 3 is 2.65 bits per heavy atom. The molecule has 2 amide bonds. The smallest absolute Gasteiger partial charge is 0.305 e. The zero-order valence-corrected chi connectivity index (χ0v) is 18.4. The number of hydrogen-bond donors (Lipinski definition) is 2. The van der Waals surface area contributed by atoms with E-state index in [1.54, 1.807) is 22.8 Å². The Morgan fingerprint density at radius 1 is 1.13 bits per heavy atom. The fourth-order valence-electron chi connectivity index (χ4n) is 2.94. The largest absolute Gasteiger partial charge is 0.469 e. The van der Waals surface area contributed by atoms with Crippen LogP contribution < -0.4 is 16.6 Å². The number of hydrogen-bond acceptors (Lipinski definition) is 7. The summed E-state index contributed by atoms with van der Waals surface area (Å²) in [6.45, 7) is 0.810. The molecule has 0 saturated carbocycles. The zero-order valence-electron chi connectivity index (χ0n) is 17.6. The van der Waals surface area contributed by atoms with Gasteiger partial charge in [0.15, 0.2) is 5.16 Å². The number of carbonyl (C=O) groups is 3. The van der Waals surface area contributed by atoms with Gasteiger partial charge in [-0.15, -0.1) is 0 Å². The number of benzene rings is 1. The monoisotopic (exact) mass is 448 g/mol. The summed E-state index contributed by atoms with van der Waals surface area (Å²) in [7, 11) is 1.32. The minimum atomic E-state index is -0.335. The summed E-state index contributed by atoms with van der Waals surface area (Å²) >= 11 is 1.20. The third kappa shape index (κ3) is 8.05. The highest BCUT2D eigenvalue weighted by Crippen LogP contribution is 2.18. The van der Waals surface area contributed by atoms with Crippen LogP contribution in [0.2, 0.25) is 0 Å². The molecule has 0 fully saturated rings. The van der Waals surface area contributed by atoms with Crippen molar-refractivity contribution in [3.05, 3.63) is 34.6 Å². The Hall–Kier alpha value is -2.88. The number of nitrogens with one attached hydrogen (secondary N) is 1. The molecule has 1 aromatic heterocycles. The normalized spacial score (nSPS) is 10.7. The minimum absolute atomic E-state index is 0.102. The number of primary amides is 1. The van der Waals surface area contributed by atoms with Crippen LogP contribution >= 0.6 is 11.8 Å². The van der Waals surface area contributed by atoms with Crippen LogP contribution in [0.15, 0.2) is 34.2 Å². The van der Waals surface area contributed by atoms with Gasteiger partial charge < -0.3 is 15.8 Å². The molecule has 168 valence electrons. The Kier molecular flexibility index (Phi) is 10.0. The second-order valence-electron chi connectivity index (χ2n) is 6.96. The highest BCUT2D eigenvalue weighted by molar-refractivity contribution is 7.99. The van der Waals surface area contributed by atoms with Crippen molar-refractivity contribution < 1.29 is 19.1 Å². The third-order valence-corrected chi connectivity index (χ3v) is 5.55. The van der Waals surface area contributed by atoms with Crippen molar-refractivity contribution in [1.29, 1.82) is 0 Å². The van der Waals surface area contributed by atoms with Gasteiger partial charge in [-0.25, -0.2) is 4.98 Å². The van der Waals surface area contributed by atoms with E-state index in [0.29, 0.717) is 54.8 Å². The molecule has 0 aliphatic carbocycles. The summed E-state index contributed by atoms with van der Waals surface area (Å²) in [5.74, 6) is -0.752. The molecule has 0 bridgehead atoms. The number of nitrogens with two attached hydrogens (primary N) is 1. The number of para-hydroxylation sites is 1. The molecule has 31 heavy (non-hydrogen) atoms. The molecule has 0 radical (unpaired) electrons. The minimum Gasteiger partial charge on any atom is -0.469 e. The van der Waals surface area contributed by atoms with E-state index in [0.717, 1.165) is 6.42 Å². The number of fused-ring (bicyclic) bond motifs is 1. The molecule has 2 rings (SSSR count). The maximum absolute atomic E-state index is 13.0. The topological polar surface area (TPSA) is 133 Å². The standard InChI is InChI=1S/C21H28N4O5S/c1-30-19(28)11-7-12-23-18(27)14-31-21-24-16-9-5-4-8-15(16)20(29)25(21)13-6-2-3-10-17(22)26/h4-5,8-9H,2-3,6-7,10-14H2,1H3,(H2,22,26)(H,23,27). The van der Waals surface area contributed by atoms with E-state index in [-0.39, 0.29) is 35.5 Å². The van der Waals surface area contributed by atoms with Crippen LogP contribution in [-0.4, -0.2) is 46.7 Å². The van der Waals surface area contributed by atoms with Crippen LogP contribution in [0.5, 0.6) is 0 Å². The van der Waals surface area contributed by atoms with Gasteiger partial charge in [0, 0.05) is 25.9 Å². The third-order valence-electron chi connectivity index (χ3n) is 4.57. The van der Waals surface area contributed by atoms with Crippen molar-refractivity contribution in [1.82, 2.24) is 14.9 Å². The van der Waals surface area contributed by atoms with Gasteiger partial charge >= 0.3 is 5.97 Å². The lowest BCUT2D eigenvalue weighted by Gasteiger charge is -2.13. The molecule has 0 spiro atoms. The van der Waals surface area contributed by atoms with E-state index < -0.39 is 0 Å². The summed E-state index contributed by atoms with van der Waals surface area (Å²) in [4.78, 5) is 51.7. The first-order valence-corrected chi connectivity index (χ1v) is 11.1. The molecule has 3 N–H and O–H groups in total. The maximum atomic E-state index is 13.0. The number of unbranched alkanes of at least 4 members (excludes halogenated alkanes) is 2. The molecule has 1 heterocycles. The van der Waals surface area contributed by atoms with Crippen LogP contribution in [0.4, 0.5) is 0 Å². The number of rotatable bonds is 13. The molecule has 2 aromatic rings.